The van der Waals surface area contributed by atoms with Crippen LogP contribution in [-0.2, 0) is 6.42 Å². The Morgan fingerprint density at radius 1 is 1.50 bits per heavy atom. The Hall–Kier alpha value is -1.12. The molecule has 14 heavy (non-hydrogen) atoms. The molecule has 2 nitrogen and oxygen atoms in total. The van der Waals surface area contributed by atoms with Crippen LogP contribution < -0.4 is 5.73 Å². The van der Waals surface area contributed by atoms with E-state index in [1.54, 1.807) is 0 Å². The zero-order valence-electron chi connectivity index (χ0n) is 8.76. The topological polar surface area (TPSA) is 38.9 Å². The minimum absolute atomic E-state index is 0.261. The summed E-state index contributed by atoms with van der Waals surface area (Å²) in [6.07, 6.45) is 1.39. The third kappa shape index (κ3) is 3.32. The van der Waals surface area contributed by atoms with E-state index in [9.17, 15) is 4.39 Å². The van der Waals surface area contributed by atoms with Gasteiger partial charge in [-0.05, 0) is 43.4 Å². The van der Waals surface area contributed by atoms with E-state index in [1.165, 1.54) is 0 Å². The van der Waals surface area contributed by atoms with Crippen LogP contribution in [0.25, 0.3) is 0 Å². The maximum absolute atomic E-state index is 12.1. The lowest BCUT2D eigenvalue weighted by molar-refractivity contribution is 0.401. The van der Waals surface area contributed by atoms with Gasteiger partial charge >= 0.3 is 0 Å². The number of nitrogens with zero attached hydrogens (tertiary/aromatic N) is 1. The Kier molecular flexibility index (Phi) is 3.86. The number of nitrogen functional groups attached to an aromatic ring is 1. The van der Waals surface area contributed by atoms with Crippen LogP contribution >= 0.6 is 0 Å². The van der Waals surface area contributed by atoms with Gasteiger partial charge in [0.05, 0.1) is 6.67 Å². The maximum Gasteiger partial charge on any atom is 0.123 e. The van der Waals surface area contributed by atoms with Gasteiger partial charge in [0.25, 0.3) is 0 Å². The smallest absolute Gasteiger partial charge is 0.123 e. The Balaban J connectivity index is 2.66. The van der Waals surface area contributed by atoms with Crippen molar-refractivity contribution in [3.8, 4) is 0 Å². The van der Waals surface area contributed by atoms with Crippen LogP contribution in [0.2, 0.25) is 0 Å². The van der Waals surface area contributed by atoms with Crippen LogP contribution in [0.4, 0.5) is 10.2 Å². The van der Waals surface area contributed by atoms with E-state index in [1.807, 2.05) is 26.0 Å². The summed E-state index contributed by atoms with van der Waals surface area (Å²) in [5.74, 6) is 0.876. The standard InChI is InChI=1S/C11H17FN2/c1-8(3-4-12)5-10-6-9(2)7-11(13)14-10/h6-8H,3-5H2,1-2H3,(H2,13,14). The second-order valence-electron chi connectivity index (χ2n) is 3.85. The van der Waals surface area contributed by atoms with Crippen molar-refractivity contribution in [3.05, 3.63) is 23.4 Å². The quantitative estimate of drug-likeness (QED) is 0.803. The molecule has 0 saturated heterocycles. The van der Waals surface area contributed by atoms with E-state index < -0.39 is 0 Å². The lowest BCUT2D eigenvalue weighted by Crippen LogP contribution is -2.04. The number of pyridine rings is 1. The van der Waals surface area contributed by atoms with Crippen LogP contribution in [0.3, 0.4) is 0 Å². The normalized spacial score (nSPS) is 12.8. The Bertz CT molecular complexity index is 279. The molecule has 1 aromatic rings. The number of aromatic nitrogens is 1. The highest BCUT2D eigenvalue weighted by atomic mass is 19.1. The molecule has 0 aromatic carbocycles. The molecule has 3 heteroatoms. The highest BCUT2D eigenvalue weighted by molar-refractivity contribution is 5.34. The monoisotopic (exact) mass is 196 g/mol. The molecule has 0 fully saturated rings. The molecule has 0 aliphatic rings. The summed E-state index contributed by atoms with van der Waals surface area (Å²) >= 11 is 0. The minimum atomic E-state index is -0.261. The van der Waals surface area contributed by atoms with Crippen LogP contribution in [0, 0.1) is 12.8 Å². The molecule has 0 radical (unpaired) electrons. The zero-order valence-corrected chi connectivity index (χ0v) is 8.76. The number of halogens is 1. The van der Waals surface area contributed by atoms with Gasteiger partial charge in [-0.15, -0.1) is 0 Å². The number of aryl methyl sites for hydroxylation is 1. The van der Waals surface area contributed by atoms with Crippen molar-refractivity contribution < 1.29 is 4.39 Å². The van der Waals surface area contributed by atoms with Crippen molar-refractivity contribution >= 4 is 5.82 Å². The first-order valence-electron chi connectivity index (χ1n) is 4.91. The van der Waals surface area contributed by atoms with E-state index >= 15 is 0 Å². The van der Waals surface area contributed by atoms with E-state index in [0.29, 0.717) is 18.2 Å². The third-order valence-electron chi connectivity index (χ3n) is 2.20. The molecule has 0 amide bonds. The Morgan fingerprint density at radius 2 is 2.21 bits per heavy atom. The second-order valence-corrected chi connectivity index (χ2v) is 3.85. The number of rotatable bonds is 4. The fourth-order valence-electron chi connectivity index (χ4n) is 1.52. The van der Waals surface area contributed by atoms with Crippen molar-refractivity contribution in [2.24, 2.45) is 5.92 Å². The summed E-state index contributed by atoms with van der Waals surface area (Å²) in [6.45, 7) is 3.75. The van der Waals surface area contributed by atoms with Gasteiger partial charge in [-0.1, -0.05) is 6.92 Å². The van der Waals surface area contributed by atoms with Gasteiger partial charge in [0.1, 0.15) is 5.82 Å². The van der Waals surface area contributed by atoms with E-state index in [2.05, 4.69) is 4.98 Å². The van der Waals surface area contributed by atoms with Gasteiger partial charge in [0.2, 0.25) is 0 Å². The van der Waals surface area contributed by atoms with Crippen molar-refractivity contribution in [2.75, 3.05) is 12.4 Å². The Morgan fingerprint density at radius 3 is 2.79 bits per heavy atom. The summed E-state index contributed by atoms with van der Waals surface area (Å²) in [6, 6.07) is 3.84. The van der Waals surface area contributed by atoms with Crippen LogP contribution in [-0.4, -0.2) is 11.7 Å². The summed E-state index contributed by atoms with van der Waals surface area (Å²) in [7, 11) is 0. The molecule has 0 aliphatic carbocycles. The minimum Gasteiger partial charge on any atom is -0.384 e. The molecular weight excluding hydrogens is 179 g/mol. The summed E-state index contributed by atoms with van der Waals surface area (Å²) in [4.78, 5) is 4.21. The van der Waals surface area contributed by atoms with Gasteiger partial charge in [-0.2, -0.15) is 0 Å². The molecule has 2 N–H and O–H groups in total. The summed E-state index contributed by atoms with van der Waals surface area (Å²) in [5, 5.41) is 0. The number of hydrogen-bond donors (Lipinski definition) is 1. The van der Waals surface area contributed by atoms with Crippen LogP contribution in [0.15, 0.2) is 12.1 Å². The molecule has 1 heterocycles. The maximum atomic E-state index is 12.1. The van der Waals surface area contributed by atoms with E-state index in [0.717, 1.165) is 17.7 Å². The van der Waals surface area contributed by atoms with Crippen LogP contribution in [0.1, 0.15) is 24.6 Å². The highest BCUT2D eigenvalue weighted by Crippen LogP contribution is 2.13. The van der Waals surface area contributed by atoms with Crippen LogP contribution in [0.5, 0.6) is 0 Å². The van der Waals surface area contributed by atoms with Crippen molar-refractivity contribution in [2.45, 2.75) is 26.7 Å². The molecule has 0 spiro atoms. The molecule has 78 valence electrons. The number of hydrogen-bond acceptors (Lipinski definition) is 2. The van der Waals surface area contributed by atoms with Gasteiger partial charge < -0.3 is 5.73 Å². The van der Waals surface area contributed by atoms with E-state index in [4.69, 9.17) is 5.73 Å². The molecule has 1 rings (SSSR count). The zero-order chi connectivity index (χ0) is 10.6. The highest BCUT2D eigenvalue weighted by Gasteiger charge is 2.05. The average Bonchev–Trinajstić information content (AvgIpc) is 2.01. The fraction of sp³-hybridized carbons (Fsp3) is 0.545. The first kappa shape index (κ1) is 11.0. The fourth-order valence-corrected chi connectivity index (χ4v) is 1.52. The SMILES string of the molecule is Cc1cc(N)nc(CC(C)CCF)c1. The average molecular weight is 196 g/mol. The molecule has 0 bridgehead atoms. The summed E-state index contributed by atoms with van der Waals surface area (Å²) < 4.78 is 12.1. The van der Waals surface area contributed by atoms with Gasteiger partial charge in [0.15, 0.2) is 0 Å². The predicted molar refractivity (Wildman–Crippen MR) is 56.8 cm³/mol. The van der Waals surface area contributed by atoms with Gasteiger partial charge in [-0.25, -0.2) is 4.98 Å². The second kappa shape index (κ2) is 4.94. The lowest BCUT2D eigenvalue weighted by Gasteiger charge is -2.09. The molecule has 0 aliphatic heterocycles. The molecule has 1 aromatic heterocycles. The summed E-state index contributed by atoms with van der Waals surface area (Å²) in [5.41, 5.74) is 7.70. The third-order valence-corrected chi connectivity index (χ3v) is 2.20. The van der Waals surface area contributed by atoms with Gasteiger partial charge in [-0.3, -0.25) is 4.39 Å². The molecule has 0 saturated carbocycles. The first-order chi connectivity index (χ1) is 6.61. The molecule has 1 unspecified atom stereocenters. The number of nitrogens with two attached hydrogens (primary N) is 1. The number of anilines is 1. The van der Waals surface area contributed by atoms with Crippen molar-refractivity contribution in [3.63, 3.8) is 0 Å². The predicted octanol–water partition coefficient (Wildman–Crippen LogP) is 2.51. The molecular formula is C11H17FN2. The molecule has 1 atom stereocenters. The van der Waals surface area contributed by atoms with E-state index in [-0.39, 0.29) is 6.67 Å². The Labute approximate surface area is 84.3 Å². The van der Waals surface area contributed by atoms with Crippen molar-refractivity contribution in [1.82, 2.24) is 4.98 Å². The lowest BCUT2D eigenvalue weighted by atomic mass is 10.0. The first-order valence-corrected chi connectivity index (χ1v) is 4.91. The van der Waals surface area contributed by atoms with Gasteiger partial charge in [0, 0.05) is 5.69 Å². The number of alkyl halides is 1. The van der Waals surface area contributed by atoms with Crippen molar-refractivity contribution in [1.29, 1.82) is 0 Å². The largest absolute Gasteiger partial charge is 0.384 e.